The lowest BCUT2D eigenvalue weighted by Gasteiger charge is -2.09. The van der Waals surface area contributed by atoms with E-state index < -0.39 is 22.1 Å². The van der Waals surface area contributed by atoms with Crippen LogP contribution in [0.3, 0.4) is 0 Å². The number of hydrogen-bond acceptors (Lipinski definition) is 2. The highest BCUT2D eigenvalue weighted by molar-refractivity contribution is 8.08. The van der Waals surface area contributed by atoms with Gasteiger partial charge in [0.05, 0.1) is 9.92 Å². The lowest BCUT2D eigenvalue weighted by molar-refractivity contribution is -0.274. The Morgan fingerprint density at radius 3 is 2.33 bits per heavy atom. The molecule has 0 N–H and O–H groups in total. The first-order valence-electron chi connectivity index (χ1n) is 3.43. The monoisotopic (exact) mass is 278 g/mol. The zero-order chi connectivity index (χ0) is 11.6. The van der Waals surface area contributed by atoms with Gasteiger partial charge in [0.1, 0.15) is 15.8 Å². The summed E-state index contributed by atoms with van der Waals surface area (Å²) in [5.41, 5.74) is 0. The predicted octanol–water partition coefficient (Wildman–Crippen LogP) is 3.50. The lowest BCUT2D eigenvalue weighted by atomic mass is 10.3. The van der Waals surface area contributed by atoms with Crippen molar-refractivity contribution < 1.29 is 22.1 Å². The highest BCUT2D eigenvalue weighted by Gasteiger charge is 2.31. The van der Waals surface area contributed by atoms with E-state index in [0.29, 0.717) is 0 Å². The maximum atomic E-state index is 11.8. The minimum absolute atomic E-state index is 0.0351. The quantitative estimate of drug-likeness (QED) is 0.774. The standard InChI is InChI=1S/C7H3Cl2F3O2S/c8-5-3-4(14-7(10,11)12)1-2-6(5)15(9)13/h1-3H. The fraction of sp³-hybridized carbons (Fsp3) is 0.143. The molecule has 0 saturated heterocycles. The van der Waals surface area contributed by atoms with Crippen LogP contribution in [-0.2, 0) is 10.0 Å². The molecule has 8 heteroatoms. The van der Waals surface area contributed by atoms with Crippen LogP contribution in [0.4, 0.5) is 13.2 Å². The van der Waals surface area contributed by atoms with Crippen molar-refractivity contribution in [1.29, 1.82) is 0 Å². The van der Waals surface area contributed by atoms with E-state index in [-0.39, 0.29) is 9.92 Å². The van der Waals surface area contributed by atoms with Gasteiger partial charge in [0, 0.05) is 6.07 Å². The maximum Gasteiger partial charge on any atom is 0.573 e. The molecule has 1 aromatic carbocycles. The summed E-state index contributed by atoms with van der Waals surface area (Å²) >= 11 is 5.53. The third kappa shape index (κ3) is 3.89. The molecule has 0 bridgehead atoms. The molecule has 84 valence electrons. The van der Waals surface area contributed by atoms with E-state index in [9.17, 15) is 17.4 Å². The molecule has 0 saturated carbocycles. The Hall–Kier alpha value is -0.460. The fourth-order valence-corrected chi connectivity index (χ4v) is 2.10. The number of ether oxygens (including phenoxy) is 1. The number of alkyl halides is 3. The third-order valence-electron chi connectivity index (χ3n) is 1.31. The highest BCUT2D eigenvalue weighted by atomic mass is 35.7. The second-order valence-electron chi connectivity index (χ2n) is 2.36. The van der Waals surface area contributed by atoms with Crippen LogP contribution >= 0.6 is 22.3 Å². The normalized spacial score (nSPS) is 13.7. The summed E-state index contributed by atoms with van der Waals surface area (Å²) in [6, 6.07) is 2.98. The largest absolute Gasteiger partial charge is 0.573 e. The summed E-state index contributed by atoms with van der Waals surface area (Å²) in [6.45, 7) is 0. The smallest absolute Gasteiger partial charge is 0.406 e. The minimum atomic E-state index is -4.79. The molecule has 1 rings (SSSR count). The Balaban J connectivity index is 2.97. The zero-order valence-electron chi connectivity index (χ0n) is 6.85. The van der Waals surface area contributed by atoms with Gasteiger partial charge in [-0.1, -0.05) is 11.6 Å². The molecule has 1 aromatic rings. The molecule has 1 atom stereocenters. The molecule has 0 heterocycles. The van der Waals surface area contributed by atoms with Gasteiger partial charge in [0.15, 0.2) is 0 Å². The zero-order valence-corrected chi connectivity index (χ0v) is 9.17. The van der Waals surface area contributed by atoms with Crippen molar-refractivity contribution >= 4 is 32.3 Å². The van der Waals surface area contributed by atoms with Crippen molar-refractivity contribution in [3.05, 3.63) is 23.2 Å². The molecule has 0 spiro atoms. The molecular weight excluding hydrogens is 276 g/mol. The van der Waals surface area contributed by atoms with Crippen LogP contribution in [0.2, 0.25) is 5.02 Å². The molecule has 0 fully saturated rings. The molecule has 0 radical (unpaired) electrons. The van der Waals surface area contributed by atoms with E-state index in [1.807, 2.05) is 0 Å². The maximum absolute atomic E-state index is 11.8. The second kappa shape index (κ2) is 4.59. The third-order valence-corrected chi connectivity index (χ3v) is 2.94. The Morgan fingerprint density at radius 1 is 1.33 bits per heavy atom. The first-order chi connectivity index (χ1) is 6.79. The Bertz CT molecular complexity index is 394. The molecule has 0 aliphatic rings. The van der Waals surface area contributed by atoms with Crippen LogP contribution in [-0.4, -0.2) is 10.6 Å². The van der Waals surface area contributed by atoms with Gasteiger partial charge in [-0.25, -0.2) is 4.21 Å². The number of rotatable bonds is 2. The van der Waals surface area contributed by atoms with Gasteiger partial charge in [-0.15, -0.1) is 13.2 Å². The molecule has 0 aromatic heterocycles. The predicted molar refractivity (Wildman–Crippen MR) is 50.4 cm³/mol. The number of hydrogen-bond donors (Lipinski definition) is 0. The van der Waals surface area contributed by atoms with Crippen LogP contribution in [0.5, 0.6) is 5.75 Å². The summed E-state index contributed by atoms with van der Waals surface area (Å²) in [7, 11) is 3.35. The molecule has 0 aliphatic carbocycles. The van der Waals surface area contributed by atoms with Crippen LogP contribution < -0.4 is 4.74 Å². The number of halogens is 5. The second-order valence-corrected chi connectivity index (χ2v) is 4.50. The van der Waals surface area contributed by atoms with Crippen molar-refractivity contribution in [2.45, 2.75) is 11.3 Å². The van der Waals surface area contributed by atoms with Gasteiger partial charge < -0.3 is 4.74 Å². The average molecular weight is 279 g/mol. The van der Waals surface area contributed by atoms with Gasteiger partial charge in [0.2, 0.25) is 0 Å². The van der Waals surface area contributed by atoms with Crippen LogP contribution in [0.25, 0.3) is 0 Å². The van der Waals surface area contributed by atoms with E-state index in [2.05, 4.69) is 4.74 Å². The first kappa shape index (κ1) is 12.6. The van der Waals surface area contributed by atoms with Crippen molar-refractivity contribution in [2.24, 2.45) is 0 Å². The molecule has 15 heavy (non-hydrogen) atoms. The Kier molecular flexibility index (Phi) is 3.86. The van der Waals surface area contributed by atoms with E-state index >= 15 is 0 Å². The van der Waals surface area contributed by atoms with E-state index in [0.717, 1.165) is 18.2 Å². The average Bonchev–Trinajstić information content (AvgIpc) is 1.99. The minimum Gasteiger partial charge on any atom is -0.406 e. The van der Waals surface area contributed by atoms with E-state index in [1.54, 1.807) is 0 Å². The van der Waals surface area contributed by atoms with E-state index in [4.69, 9.17) is 22.3 Å². The highest BCUT2D eigenvalue weighted by Crippen LogP contribution is 2.29. The topological polar surface area (TPSA) is 26.3 Å². The summed E-state index contributed by atoms with van der Waals surface area (Å²) in [5, 5.41) is -0.148. The molecular formula is C7H3Cl2F3O2S. The van der Waals surface area contributed by atoms with Crippen LogP contribution in [0, 0.1) is 0 Å². The van der Waals surface area contributed by atoms with Crippen molar-refractivity contribution in [3.8, 4) is 5.75 Å². The van der Waals surface area contributed by atoms with Crippen molar-refractivity contribution in [2.75, 3.05) is 0 Å². The van der Waals surface area contributed by atoms with Gasteiger partial charge in [-0.3, -0.25) is 0 Å². The van der Waals surface area contributed by atoms with Gasteiger partial charge >= 0.3 is 6.36 Å². The Labute approximate surface area is 94.9 Å². The van der Waals surface area contributed by atoms with Crippen molar-refractivity contribution in [1.82, 2.24) is 0 Å². The fourth-order valence-electron chi connectivity index (χ4n) is 0.809. The van der Waals surface area contributed by atoms with Gasteiger partial charge in [0.25, 0.3) is 0 Å². The summed E-state index contributed by atoms with van der Waals surface area (Å²) < 4.78 is 49.7. The molecule has 0 aliphatic heterocycles. The van der Waals surface area contributed by atoms with E-state index in [1.165, 1.54) is 0 Å². The Morgan fingerprint density at radius 2 is 1.93 bits per heavy atom. The molecule has 1 unspecified atom stereocenters. The molecule has 0 amide bonds. The summed E-state index contributed by atoms with van der Waals surface area (Å²) in [6.07, 6.45) is -4.79. The van der Waals surface area contributed by atoms with Gasteiger partial charge in [-0.05, 0) is 22.8 Å². The van der Waals surface area contributed by atoms with Crippen LogP contribution in [0.15, 0.2) is 23.1 Å². The SMILES string of the molecule is O=S(Cl)c1ccc(OC(F)(F)F)cc1Cl. The summed E-state index contributed by atoms with van der Waals surface area (Å²) in [5.74, 6) is -0.488. The summed E-state index contributed by atoms with van der Waals surface area (Å²) in [4.78, 5) is 0.0351. The van der Waals surface area contributed by atoms with Crippen molar-refractivity contribution in [3.63, 3.8) is 0 Å². The first-order valence-corrected chi connectivity index (χ1v) is 5.78. The molecule has 2 nitrogen and oxygen atoms in total. The van der Waals surface area contributed by atoms with Gasteiger partial charge in [-0.2, -0.15) is 0 Å². The lowest BCUT2D eigenvalue weighted by Crippen LogP contribution is -2.17. The van der Waals surface area contributed by atoms with Crippen LogP contribution in [0.1, 0.15) is 0 Å². The number of benzene rings is 1.